The Morgan fingerprint density at radius 1 is 1.75 bits per heavy atom. The predicted octanol–water partition coefficient (Wildman–Crippen LogP) is 2.14. The summed E-state index contributed by atoms with van der Waals surface area (Å²) in [4.78, 5) is 0. The van der Waals surface area contributed by atoms with Crippen LogP contribution < -0.4 is 5.73 Å². The summed E-state index contributed by atoms with van der Waals surface area (Å²) >= 11 is 0. The zero-order valence-corrected chi connectivity index (χ0v) is 6.99. The average molecular weight is 196 g/mol. The SMILES string of the molecule is Cl.[2H]C([2H])([2H])C([2H])(N)C([2H])([2H])c1ccccc1F. The largest absolute Gasteiger partial charge is 0.328 e. The van der Waals surface area contributed by atoms with E-state index in [1.54, 1.807) is 0 Å². The van der Waals surface area contributed by atoms with Crippen molar-refractivity contribution in [2.24, 2.45) is 5.73 Å². The van der Waals surface area contributed by atoms with Gasteiger partial charge >= 0.3 is 0 Å². The van der Waals surface area contributed by atoms with E-state index in [0.717, 1.165) is 12.1 Å². The molecule has 0 aliphatic heterocycles. The first-order chi connectivity index (χ1) is 7.52. The Balaban J connectivity index is 0.00000289. The van der Waals surface area contributed by atoms with Gasteiger partial charge in [-0.1, -0.05) is 18.2 Å². The molecule has 0 radical (unpaired) electrons. The third-order valence-corrected chi connectivity index (χ3v) is 1.14. The summed E-state index contributed by atoms with van der Waals surface area (Å²) < 4.78 is 57.4. The molecule has 3 heteroatoms. The van der Waals surface area contributed by atoms with Crippen LogP contribution in [0.4, 0.5) is 4.39 Å². The van der Waals surface area contributed by atoms with Gasteiger partial charge in [0.25, 0.3) is 0 Å². The van der Waals surface area contributed by atoms with Crippen molar-refractivity contribution in [3.8, 4) is 0 Å². The van der Waals surface area contributed by atoms with Crippen molar-refractivity contribution in [1.82, 2.24) is 0 Å². The lowest BCUT2D eigenvalue weighted by Gasteiger charge is -2.04. The number of hydrogen-bond donors (Lipinski definition) is 1. The van der Waals surface area contributed by atoms with Gasteiger partial charge in [0.05, 0.1) is 0 Å². The van der Waals surface area contributed by atoms with Crippen LogP contribution in [-0.2, 0) is 6.37 Å². The van der Waals surface area contributed by atoms with E-state index in [1.807, 2.05) is 0 Å². The third kappa shape index (κ3) is 3.20. The first kappa shape index (κ1) is 4.58. The molecule has 68 valence electrons. The number of benzene rings is 1. The van der Waals surface area contributed by atoms with Gasteiger partial charge in [0.1, 0.15) is 5.82 Å². The Hall–Kier alpha value is -0.600. The van der Waals surface area contributed by atoms with E-state index in [1.165, 1.54) is 12.1 Å². The summed E-state index contributed by atoms with van der Waals surface area (Å²) in [7, 11) is 0. The molecule has 12 heavy (non-hydrogen) atoms. The monoisotopic (exact) mass is 195 g/mol. The maximum absolute atomic E-state index is 13.4. The van der Waals surface area contributed by atoms with Gasteiger partial charge in [0.2, 0.25) is 0 Å². The molecule has 0 heterocycles. The molecule has 0 bridgehead atoms. The van der Waals surface area contributed by atoms with Gasteiger partial charge in [-0.25, -0.2) is 4.39 Å². The van der Waals surface area contributed by atoms with E-state index in [2.05, 4.69) is 0 Å². The van der Waals surface area contributed by atoms with Crippen molar-refractivity contribution in [3.63, 3.8) is 0 Å². The second-order valence-electron chi connectivity index (χ2n) is 2.02. The molecule has 0 saturated heterocycles. The molecule has 0 amide bonds. The first-order valence-corrected chi connectivity index (χ1v) is 3.06. The Bertz CT molecular complexity index is 420. The van der Waals surface area contributed by atoms with E-state index in [4.69, 9.17) is 14.0 Å². The van der Waals surface area contributed by atoms with Crippen molar-refractivity contribution in [2.45, 2.75) is 19.2 Å². The molecule has 1 rings (SSSR count). The molecule has 2 N–H and O–H groups in total. The quantitative estimate of drug-likeness (QED) is 0.769. The van der Waals surface area contributed by atoms with Crippen molar-refractivity contribution in [1.29, 1.82) is 0 Å². The minimum Gasteiger partial charge on any atom is -0.328 e. The molecule has 1 aromatic rings. The fourth-order valence-corrected chi connectivity index (χ4v) is 0.708. The van der Waals surface area contributed by atoms with Crippen molar-refractivity contribution >= 4 is 12.4 Å². The van der Waals surface area contributed by atoms with E-state index in [-0.39, 0.29) is 12.4 Å². The molecule has 0 aromatic heterocycles. The van der Waals surface area contributed by atoms with Gasteiger partial charge in [0, 0.05) is 14.2 Å². The van der Waals surface area contributed by atoms with Gasteiger partial charge in [-0.15, -0.1) is 12.4 Å². The first-order valence-electron chi connectivity index (χ1n) is 6.06. The molecule has 0 aliphatic carbocycles. The predicted molar refractivity (Wildman–Crippen MR) is 51.0 cm³/mol. The standard InChI is InChI=1S/C9H12FN.ClH/c1-7(11)6-8-4-2-3-5-9(8)10;/h2-5,7H,6,11H2,1H3;1H/i1D3,6D2,7D;. The highest BCUT2D eigenvalue weighted by Crippen LogP contribution is 2.07. The maximum Gasteiger partial charge on any atom is 0.126 e. The minimum atomic E-state index is -3.07. The van der Waals surface area contributed by atoms with Gasteiger partial charge in [-0.3, -0.25) is 0 Å². The highest BCUT2D eigenvalue weighted by Gasteiger charge is 2.01. The summed E-state index contributed by atoms with van der Waals surface area (Å²) in [5.41, 5.74) is 4.70. The van der Waals surface area contributed by atoms with Crippen molar-refractivity contribution < 1.29 is 12.6 Å². The van der Waals surface area contributed by atoms with E-state index >= 15 is 0 Å². The fraction of sp³-hybridized carbons (Fsp3) is 0.333. The Kier molecular flexibility index (Phi) is 1.96. The van der Waals surface area contributed by atoms with E-state index in [9.17, 15) is 4.39 Å². The summed E-state index contributed by atoms with van der Waals surface area (Å²) in [5.74, 6) is -0.927. The number of rotatable bonds is 2. The average Bonchev–Trinajstić information content (AvgIpc) is 2.16. The normalized spacial score (nSPS) is 24.2. The maximum atomic E-state index is 13.4. The highest BCUT2D eigenvalue weighted by molar-refractivity contribution is 5.85. The van der Waals surface area contributed by atoms with Crippen LogP contribution in [0.2, 0.25) is 0 Å². The van der Waals surface area contributed by atoms with Gasteiger partial charge in [-0.05, 0) is 24.9 Å². The van der Waals surface area contributed by atoms with Crippen LogP contribution in [0, 0.1) is 5.82 Å². The van der Waals surface area contributed by atoms with Crippen LogP contribution in [0.25, 0.3) is 0 Å². The van der Waals surface area contributed by atoms with Gasteiger partial charge in [-0.2, -0.15) is 0 Å². The smallest absolute Gasteiger partial charge is 0.126 e. The van der Waals surface area contributed by atoms with Crippen LogP contribution in [-0.4, -0.2) is 6.02 Å². The molecular formula is C9H13ClFN. The molecule has 0 aliphatic rings. The summed E-state index contributed by atoms with van der Waals surface area (Å²) in [6.07, 6.45) is -2.83. The van der Waals surface area contributed by atoms with Crippen LogP contribution in [0.1, 0.15) is 20.6 Å². The van der Waals surface area contributed by atoms with Crippen molar-refractivity contribution in [3.05, 3.63) is 35.6 Å². The van der Waals surface area contributed by atoms with Crippen LogP contribution in [0.5, 0.6) is 0 Å². The van der Waals surface area contributed by atoms with Crippen LogP contribution >= 0.6 is 12.4 Å². The molecule has 1 nitrogen and oxygen atoms in total. The van der Waals surface area contributed by atoms with Crippen LogP contribution in [0.15, 0.2) is 24.3 Å². The Morgan fingerprint density at radius 3 is 3.00 bits per heavy atom. The lowest BCUT2D eigenvalue weighted by Crippen LogP contribution is -2.18. The molecule has 0 saturated carbocycles. The lowest BCUT2D eigenvalue weighted by molar-refractivity contribution is 0.596. The van der Waals surface area contributed by atoms with Gasteiger partial charge in [0.15, 0.2) is 0 Å². The topological polar surface area (TPSA) is 26.0 Å². The summed E-state index contributed by atoms with van der Waals surface area (Å²) in [6.45, 7) is -3.07. The number of hydrogen-bond acceptors (Lipinski definition) is 1. The molecular weight excluding hydrogens is 177 g/mol. The summed E-state index contributed by atoms with van der Waals surface area (Å²) in [5, 5.41) is 0. The molecule has 1 atom stereocenters. The third-order valence-electron chi connectivity index (χ3n) is 1.14. The second kappa shape index (κ2) is 5.12. The van der Waals surface area contributed by atoms with Gasteiger partial charge < -0.3 is 5.73 Å². The van der Waals surface area contributed by atoms with Crippen LogP contribution in [0.3, 0.4) is 0 Å². The molecule has 0 spiro atoms. The molecule has 1 aromatic carbocycles. The molecule has 1 unspecified atom stereocenters. The summed E-state index contributed by atoms with van der Waals surface area (Å²) in [6, 6.07) is 1.83. The Labute approximate surface area is 86.6 Å². The number of halogens is 2. The minimum absolute atomic E-state index is 0. The zero-order chi connectivity index (χ0) is 13.5. The van der Waals surface area contributed by atoms with Crippen molar-refractivity contribution in [2.75, 3.05) is 0 Å². The number of nitrogens with two attached hydrogens (primary N) is 1. The fourth-order valence-electron chi connectivity index (χ4n) is 0.708. The van der Waals surface area contributed by atoms with E-state index in [0.29, 0.717) is 0 Å². The highest BCUT2D eigenvalue weighted by atomic mass is 35.5. The van der Waals surface area contributed by atoms with E-state index < -0.39 is 30.6 Å². The Morgan fingerprint density at radius 2 is 2.42 bits per heavy atom. The second-order valence-corrected chi connectivity index (χ2v) is 2.02. The molecule has 0 fully saturated rings. The lowest BCUT2D eigenvalue weighted by atomic mass is 10.1. The zero-order valence-electron chi connectivity index (χ0n) is 12.2.